The Balaban J connectivity index is 1.12. The quantitative estimate of drug-likeness (QED) is 0.127. The monoisotopic (exact) mass is 700 g/mol. The van der Waals surface area contributed by atoms with E-state index in [1.165, 1.54) is 99.1 Å². The summed E-state index contributed by atoms with van der Waals surface area (Å²) >= 11 is 0. The van der Waals surface area contributed by atoms with Crippen molar-refractivity contribution in [3.63, 3.8) is 0 Å². The van der Waals surface area contributed by atoms with Crippen molar-refractivity contribution < 1.29 is 0 Å². The van der Waals surface area contributed by atoms with Gasteiger partial charge >= 0.3 is 0 Å². The SMILES string of the molecule is C1=CC(c2c3ccccc3c(-c3ccc(-c4ccccc4)c4ccccc34)c3c4c(ccc23)CCC=C4)=CC2C=CC(c3ccc4c(c3)CCC=C4)=CC2C=1. The number of benzene rings is 7. The average Bonchev–Trinajstić information content (AvgIpc) is 3.47. The number of hydrogen-bond donors (Lipinski definition) is 0. The van der Waals surface area contributed by atoms with E-state index in [0.717, 1.165) is 25.7 Å². The summed E-state index contributed by atoms with van der Waals surface area (Å²) < 4.78 is 0. The van der Waals surface area contributed by atoms with Crippen LogP contribution in [-0.2, 0) is 12.8 Å². The van der Waals surface area contributed by atoms with Crippen LogP contribution in [0.1, 0.15) is 46.2 Å². The molecule has 0 aromatic heterocycles. The number of allylic oxidation sites excluding steroid dienone is 9. The second-order valence-electron chi connectivity index (χ2n) is 15.5. The summed E-state index contributed by atoms with van der Waals surface area (Å²) in [4.78, 5) is 0. The van der Waals surface area contributed by atoms with Crippen molar-refractivity contribution in [1.82, 2.24) is 0 Å². The molecule has 0 spiro atoms. The first-order valence-corrected chi connectivity index (χ1v) is 19.9. The summed E-state index contributed by atoms with van der Waals surface area (Å²) in [5.41, 5.74) is 19.6. The fourth-order valence-electron chi connectivity index (χ4n) is 9.67. The van der Waals surface area contributed by atoms with Gasteiger partial charge in [0.25, 0.3) is 0 Å². The molecule has 2 atom stereocenters. The first kappa shape index (κ1) is 32.0. The molecule has 0 N–H and O–H groups in total. The zero-order chi connectivity index (χ0) is 36.3. The maximum absolute atomic E-state index is 3.68. The standard InChI is InChI=1S/C55H40/c1-2-14-37(15-3-1)45-31-32-51(48-22-9-8-21-47(45)48)55-50-24-11-10-23-49(50)53(52-30-29-38-16-6-7-20-46(38)54(52)55)44-19-12-18-40-34-42(27-28-43(40)35-44)41-26-25-36-13-4-5-17-39(36)33-41/h1-4,7-11,13-15,18-35,40,43H,5-6,16-17H2. The van der Waals surface area contributed by atoms with E-state index in [4.69, 9.17) is 0 Å². The topological polar surface area (TPSA) is 0 Å². The van der Waals surface area contributed by atoms with Gasteiger partial charge in [0.1, 0.15) is 0 Å². The average molecular weight is 701 g/mol. The van der Waals surface area contributed by atoms with E-state index in [0.29, 0.717) is 0 Å². The third-order valence-electron chi connectivity index (χ3n) is 12.3. The molecule has 7 aromatic rings. The van der Waals surface area contributed by atoms with Crippen LogP contribution in [-0.4, -0.2) is 0 Å². The number of fused-ring (bicyclic) bond motifs is 7. The second kappa shape index (κ2) is 13.1. The van der Waals surface area contributed by atoms with Crippen molar-refractivity contribution in [2.24, 2.45) is 11.8 Å². The molecule has 11 rings (SSSR count). The molecule has 7 aromatic carbocycles. The normalized spacial score (nSPS) is 18.2. The third kappa shape index (κ3) is 5.37. The fourth-order valence-corrected chi connectivity index (χ4v) is 9.67. The van der Waals surface area contributed by atoms with Gasteiger partial charge in [-0.05, 0) is 137 Å². The molecule has 55 heavy (non-hydrogen) atoms. The van der Waals surface area contributed by atoms with Gasteiger partial charge in [-0.1, -0.05) is 170 Å². The molecule has 0 aliphatic heterocycles. The van der Waals surface area contributed by atoms with Gasteiger partial charge in [-0.2, -0.15) is 0 Å². The molecule has 0 nitrogen and oxygen atoms in total. The van der Waals surface area contributed by atoms with Crippen molar-refractivity contribution in [1.29, 1.82) is 0 Å². The van der Waals surface area contributed by atoms with Crippen LogP contribution < -0.4 is 0 Å². The Hall–Kier alpha value is -6.46. The van der Waals surface area contributed by atoms with Crippen LogP contribution in [0.25, 0.3) is 77.9 Å². The van der Waals surface area contributed by atoms with Crippen LogP contribution >= 0.6 is 0 Å². The second-order valence-corrected chi connectivity index (χ2v) is 15.5. The fraction of sp³-hybridized carbons (Fsp3) is 0.109. The summed E-state index contributed by atoms with van der Waals surface area (Å²) in [7, 11) is 0. The van der Waals surface area contributed by atoms with E-state index >= 15 is 0 Å². The van der Waals surface area contributed by atoms with Gasteiger partial charge in [-0.15, -0.1) is 5.73 Å². The Morgan fingerprint density at radius 2 is 1.20 bits per heavy atom. The summed E-state index contributed by atoms with van der Waals surface area (Å²) in [6.45, 7) is 0. The van der Waals surface area contributed by atoms with Crippen LogP contribution in [0, 0.1) is 11.8 Å². The Bertz CT molecular complexity index is 2950. The molecule has 0 saturated carbocycles. The third-order valence-corrected chi connectivity index (χ3v) is 12.3. The summed E-state index contributed by atoms with van der Waals surface area (Å²) in [5.74, 6) is 0.484. The lowest BCUT2D eigenvalue weighted by Gasteiger charge is -2.24. The highest BCUT2D eigenvalue weighted by atomic mass is 14.3. The molecule has 0 saturated heterocycles. The molecule has 0 radical (unpaired) electrons. The van der Waals surface area contributed by atoms with Gasteiger partial charge in [0.05, 0.1) is 0 Å². The van der Waals surface area contributed by atoms with Crippen molar-refractivity contribution in [3.8, 4) is 22.3 Å². The lowest BCUT2D eigenvalue weighted by molar-refractivity contribution is 0.674. The molecule has 0 heteroatoms. The van der Waals surface area contributed by atoms with Crippen LogP contribution in [0.5, 0.6) is 0 Å². The minimum absolute atomic E-state index is 0.242. The van der Waals surface area contributed by atoms with Gasteiger partial charge in [-0.25, -0.2) is 0 Å². The summed E-state index contributed by atoms with van der Waals surface area (Å²) in [6, 6.07) is 45.4. The Kier molecular flexibility index (Phi) is 7.65. The molecular weight excluding hydrogens is 661 g/mol. The van der Waals surface area contributed by atoms with E-state index < -0.39 is 0 Å². The van der Waals surface area contributed by atoms with E-state index in [2.05, 4.69) is 188 Å². The first-order valence-electron chi connectivity index (χ1n) is 19.9. The van der Waals surface area contributed by atoms with Gasteiger partial charge in [-0.3, -0.25) is 0 Å². The van der Waals surface area contributed by atoms with Gasteiger partial charge < -0.3 is 0 Å². The molecule has 0 amide bonds. The summed E-state index contributed by atoms with van der Waals surface area (Å²) in [6.07, 6.45) is 27.9. The maximum atomic E-state index is 3.68. The lowest BCUT2D eigenvalue weighted by atomic mass is 9.79. The van der Waals surface area contributed by atoms with E-state index in [1.807, 2.05) is 0 Å². The molecule has 0 heterocycles. The van der Waals surface area contributed by atoms with Crippen LogP contribution in [0.4, 0.5) is 0 Å². The molecule has 0 fully saturated rings. The van der Waals surface area contributed by atoms with Crippen molar-refractivity contribution in [2.45, 2.75) is 25.7 Å². The number of hydrogen-bond acceptors (Lipinski definition) is 0. The lowest BCUT2D eigenvalue weighted by Crippen LogP contribution is -2.10. The number of rotatable bonds is 4. The van der Waals surface area contributed by atoms with Crippen molar-refractivity contribution in [3.05, 3.63) is 209 Å². The smallest absolute Gasteiger partial charge is 0.0130 e. The molecular formula is C55H40. The highest BCUT2D eigenvalue weighted by molar-refractivity contribution is 6.24. The molecule has 260 valence electrons. The van der Waals surface area contributed by atoms with E-state index in [-0.39, 0.29) is 11.8 Å². The van der Waals surface area contributed by atoms with E-state index in [1.54, 1.807) is 0 Å². The van der Waals surface area contributed by atoms with Gasteiger partial charge in [0.15, 0.2) is 0 Å². The molecule has 2 unspecified atom stereocenters. The highest BCUT2D eigenvalue weighted by Crippen LogP contribution is 2.48. The highest BCUT2D eigenvalue weighted by Gasteiger charge is 2.25. The van der Waals surface area contributed by atoms with Gasteiger partial charge in [0.2, 0.25) is 0 Å². The minimum atomic E-state index is 0.242. The largest absolute Gasteiger partial charge is 0.124 e. The minimum Gasteiger partial charge on any atom is -0.124 e. The number of aryl methyl sites for hydroxylation is 2. The Morgan fingerprint density at radius 3 is 2.05 bits per heavy atom. The van der Waals surface area contributed by atoms with Crippen molar-refractivity contribution in [2.75, 3.05) is 0 Å². The van der Waals surface area contributed by atoms with Gasteiger partial charge in [0, 0.05) is 11.8 Å². The van der Waals surface area contributed by atoms with E-state index in [9.17, 15) is 0 Å². The Labute approximate surface area is 323 Å². The maximum Gasteiger partial charge on any atom is 0.0130 e. The first-order chi connectivity index (χ1) is 27.3. The molecule has 4 aliphatic rings. The molecule has 4 aliphatic carbocycles. The predicted molar refractivity (Wildman–Crippen MR) is 236 cm³/mol. The van der Waals surface area contributed by atoms with Crippen LogP contribution in [0.15, 0.2) is 176 Å². The zero-order valence-electron chi connectivity index (χ0n) is 30.8. The molecule has 0 bridgehead atoms. The van der Waals surface area contributed by atoms with Crippen LogP contribution in [0.2, 0.25) is 0 Å². The van der Waals surface area contributed by atoms with Crippen molar-refractivity contribution >= 4 is 55.6 Å². The van der Waals surface area contributed by atoms with Crippen LogP contribution in [0.3, 0.4) is 0 Å². The predicted octanol–water partition coefficient (Wildman–Crippen LogP) is 14.4. The Morgan fingerprint density at radius 1 is 0.491 bits per heavy atom. The zero-order valence-corrected chi connectivity index (χ0v) is 30.8. The summed E-state index contributed by atoms with van der Waals surface area (Å²) in [5, 5.41) is 7.78.